The Labute approximate surface area is 461 Å². The summed E-state index contributed by atoms with van der Waals surface area (Å²) in [6.45, 7) is 17.8. The molecule has 2 aromatic heterocycles. The number of benzene rings is 8. The SMILES string of the molecule is [2H]c1c([2H])c([2H])c2c(c1[2H])c1ccc3[c-]c1n2-c1cc(C([2H])([2H])C(C)(C)C)c(cn1)-c1ccccc1Oc1cccc(c1)-c1cc(C([2H])([2H])C(C)C)cc(-c2ccccc2)c1N1[CH-]N(c2[c-]c(cc(C(C)(C)C)c2)O3)c2ccccc21.[Pt]. The number of nitrogens with zero attached hydrogens (tertiary/aromatic N) is 4. The molecule has 0 N–H and O–H groups in total. The standard InChI is InChI=1S/C67H59N4O2.Pt/c1-43(2)31-44-32-56(45-19-10-9-11-20-45)65-57(33-44)46-21-18-22-50(34-46)73-63-28-17-13-24-55(63)58-41-68-64(35-47(58)40-66(3,4)5)71-59-25-14-12-23-53(59)54-30-29-51(39-62(54)71)72-52-37-48(67(6,7)8)36-49(38-52)69-42-70(65)61-27-16-15-26-60(61)69;/h9-30,32-37,41-43H,31,40H2,1-8H3;/q-3;/i12D,14D,23D,25D,31D2,40D2;. The number of para-hydroxylation sites is 4. The zero-order valence-corrected chi connectivity index (χ0v) is 44.8. The fraction of sp³-hybridized carbons (Fsp3) is 0.194. The Morgan fingerprint density at radius 2 is 1.38 bits per heavy atom. The Hall–Kier alpha value is -7.40. The van der Waals surface area contributed by atoms with Gasteiger partial charge in [0.05, 0.1) is 5.48 Å². The molecular weight excluding hydrogens is 1090 g/mol. The van der Waals surface area contributed by atoms with E-state index in [-0.39, 0.29) is 78.6 Å². The molecule has 0 saturated heterocycles. The van der Waals surface area contributed by atoms with Crippen LogP contribution in [0.1, 0.15) is 83.0 Å². The maximum Gasteiger partial charge on any atom is 0.135 e. The van der Waals surface area contributed by atoms with Crippen LogP contribution >= 0.6 is 0 Å². The monoisotopic (exact) mass is 1150 g/mol. The van der Waals surface area contributed by atoms with Crippen molar-refractivity contribution in [2.75, 3.05) is 9.80 Å². The van der Waals surface area contributed by atoms with Crippen molar-refractivity contribution in [1.29, 1.82) is 0 Å². The molecule has 0 saturated carbocycles. The zero-order chi connectivity index (χ0) is 57.2. The third kappa shape index (κ3) is 9.19. The van der Waals surface area contributed by atoms with Crippen LogP contribution in [0.4, 0.5) is 22.7 Å². The van der Waals surface area contributed by atoms with Crippen molar-refractivity contribution >= 4 is 44.6 Å². The minimum atomic E-state index is -2.03. The maximum absolute atomic E-state index is 9.94. The van der Waals surface area contributed by atoms with Crippen LogP contribution in [0, 0.1) is 30.1 Å². The van der Waals surface area contributed by atoms with Crippen LogP contribution in [0.5, 0.6) is 23.0 Å². The molecule has 3 aliphatic heterocycles. The molecule has 0 unspecified atom stereocenters. The second-order valence-electron chi connectivity index (χ2n) is 21.1. The molecule has 0 spiro atoms. The minimum Gasteiger partial charge on any atom is -0.509 e. The molecule has 6 nitrogen and oxygen atoms in total. The van der Waals surface area contributed by atoms with E-state index in [2.05, 4.69) is 79.7 Å². The summed E-state index contributed by atoms with van der Waals surface area (Å²) in [6.07, 6.45) is -2.15. The molecule has 3 aliphatic rings. The van der Waals surface area contributed by atoms with Gasteiger partial charge < -0.3 is 23.8 Å². The summed E-state index contributed by atoms with van der Waals surface area (Å²) in [7, 11) is 0. The first-order valence-corrected chi connectivity index (χ1v) is 24.8. The van der Waals surface area contributed by atoms with Crippen LogP contribution in [0.25, 0.3) is 61.0 Å². The molecular formula is C67H59N4O2Pt-3. The predicted molar refractivity (Wildman–Crippen MR) is 301 cm³/mol. The fourth-order valence-electron chi connectivity index (χ4n) is 9.95. The van der Waals surface area contributed by atoms with E-state index >= 15 is 0 Å². The Morgan fingerprint density at radius 1 is 0.662 bits per heavy atom. The molecule has 13 rings (SSSR count). The predicted octanol–water partition coefficient (Wildman–Crippen LogP) is 18.2. The molecule has 10 aromatic rings. The molecule has 372 valence electrons. The van der Waals surface area contributed by atoms with Crippen molar-refractivity contribution in [3.8, 4) is 62.2 Å². The van der Waals surface area contributed by atoms with E-state index < -0.39 is 24.2 Å². The van der Waals surface area contributed by atoms with Gasteiger partial charge in [0.1, 0.15) is 17.3 Å². The third-order valence-electron chi connectivity index (χ3n) is 13.2. The Bertz CT molecular complexity index is 4190. The molecule has 7 heteroatoms. The first-order valence-electron chi connectivity index (χ1n) is 28.8. The molecule has 10 bridgehead atoms. The van der Waals surface area contributed by atoms with Crippen molar-refractivity contribution in [2.45, 2.75) is 73.6 Å². The summed E-state index contributed by atoms with van der Waals surface area (Å²) in [5.41, 5.74) is 8.36. The van der Waals surface area contributed by atoms with Gasteiger partial charge in [-0.25, -0.2) is 4.98 Å². The van der Waals surface area contributed by atoms with E-state index in [9.17, 15) is 8.22 Å². The zero-order valence-electron chi connectivity index (χ0n) is 50.5. The van der Waals surface area contributed by atoms with Crippen LogP contribution in [0.15, 0.2) is 176 Å². The van der Waals surface area contributed by atoms with E-state index in [1.54, 1.807) is 29.0 Å². The smallest absolute Gasteiger partial charge is 0.135 e. The van der Waals surface area contributed by atoms with Crippen molar-refractivity contribution in [3.63, 3.8) is 0 Å². The average molecular weight is 1160 g/mol. The first-order chi connectivity index (χ1) is 38.4. The summed E-state index contributed by atoms with van der Waals surface area (Å²) in [4.78, 5) is 9.33. The van der Waals surface area contributed by atoms with Gasteiger partial charge in [0, 0.05) is 89.1 Å². The van der Waals surface area contributed by atoms with Gasteiger partial charge in [-0.3, -0.25) is 0 Å². The normalized spacial score (nSPS) is 15.0. The number of hydrogen-bond acceptors (Lipinski definition) is 5. The fourth-order valence-corrected chi connectivity index (χ4v) is 9.95. The number of hydrogen-bond donors (Lipinski definition) is 0. The van der Waals surface area contributed by atoms with Crippen molar-refractivity contribution < 1.29 is 41.5 Å². The van der Waals surface area contributed by atoms with Crippen molar-refractivity contribution in [1.82, 2.24) is 9.55 Å². The van der Waals surface area contributed by atoms with Crippen LogP contribution in [-0.2, 0) is 39.2 Å². The number of anilines is 4. The molecule has 0 amide bonds. The van der Waals surface area contributed by atoms with Gasteiger partial charge >= 0.3 is 0 Å². The first kappa shape index (κ1) is 40.0. The number of rotatable bonds is 4. The number of ether oxygens (including phenoxy) is 2. The third-order valence-corrected chi connectivity index (χ3v) is 13.2. The van der Waals surface area contributed by atoms with Gasteiger partial charge in [0.15, 0.2) is 0 Å². The molecule has 74 heavy (non-hydrogen) atoms. The molecule has 8 aromatic carbocycles. The van der Waals surface area contributed by atoms with Crippen molar-refractivity contribution in [3.05, 3.63) is 211 Å². The molecule has 5 heterocycles. The van der Waals surface area contributed by atoms with Gasteiger partial charge in [0.2, 0.25) is 0 Å². The molecule has 0 aliphatic carbocycles. The average Bonchev–Trinajstić information content (AvgIpc) is 2.55. The van der Waals surface area contributed by atoms with Crippen LogP contribution < -0.4 is 19.3 Å². The van der Waals surface area contributed by atoms with Crippen LogP contribution in [0.3, 0.4) is 0 Å². The van der Waals surface area contributed by atoms with Gasteiger partial charge in [0.25, 0.3) is 0 Å². The van der Waals surface area contributed by atoms with E-state index in [4.69, 9.17) is 17.2 Å². The van der Waals surface area contributed by atoms with Gasteiger partial charge in [-0.2, -0.15) is 6.07 Å². The topological polar surface area (TPSA) is 42.8 Å². The maximum atomic E-state index is 9.94. The van der Waals surface area contributed by atoms with E-state index in [0.29, 0.717) is 50.5 Å². The Balaban J connectivity index is 0.00000705. The molecule has 0 radical (unpaired) electrons. The summed E-state index contributed by atoms with van der Waals surface area (Å²) in [5.74, 6) is 1.40. The quantitative estimate of drug-likeness (QED) is 0.164. The van der Waals surface area contributed by atoms with E-state index in [1.165, 1.54) is 0 Å². The second-order valence-corrected chi connectivity index (χ2v) is 21.1. The van der Waals surface area contributed by atoms with Gasteiger partial charge in [-0.1, -0.05) is 152 Å². The van der Waals surface area contributed by atoms with E-state index in [0.717, 1.165) is 44.9 Å². The summed E-state index contributed by atoms with van der Waals surface area (Å²) in [5, 5.41) is 0.733. The summed E-state index contributed by atoms with van der Waals surface area (Å²) in [6, 6.07) is 52.4. The Kier molecular flexibility index (Phi) is 10.4. The van der Waals surface area contributed by atoms with Gasteiger partial charge in [-0.05, 0) is 112 Å². The van der Waals surface area contributed by atoms with Crippen LogP contribution in [-0.4, -0.2) is 9.55 Å². The van der Waals surface area contributed by atoms with Crippen LogP contribution in [0.2, 0.25) is 0 Å². The summed E-state index contributed by atoms with van der Waals surface area (Å²) >= 11 is 0. The number of aromatic nitrogens is 2. The number of pyridine rings is 1. The molecule has 0 atom stereocenters. The molecule has 0 fully saturated rings. The number of fused-ring (bicyclic) bond motifs is 5. The van der Waals surface area contributed by atoms with Gasteiger partial charge in [-0.15, -0.1) is 53.6 Å². The minimum absolute atomic E-state index is 0. The Morgan fingerprint density at radius 3 is 2.15 bits per heavy atom. The van der Waals surface area contributed by atoms with Crippen molar-refractivity contribution in [2.24, 2.45) is 11.3 Å². The second kappa shape index (κ2) is 19.1. The van der Waals surface area contributed by atoms with E-state index in [1.807, 2.05) is 132 Å². The largest absolute Gasteiger partial charge is 0.509 e. The summed E-state index contributed by atoms with van der Waals surface area (Å²) < 4.78 is 90.8.